The van der Waals surface area contributed by atoms with Gasteiger partial charge in [-0.25, -0.2) is 0 Å². The van der Waals surface area contributed by atoms with Crippen molar-refractivity contribution in [1.82, 2.24) is 0 Å². The summed E-state index contributed by atoms with van der Waals surface area (Å²) in [4.78, 5) is 0. The normalized spacial score (nSPS) is 0. The standard InChI is InChI=1S/2Al.2Cu.2In.3Se/q2*+3;;;;;3*-2. The molecule has 0 nitrogen and oxygen atoms in total. The second kappa shape index (κ2) is 70.6. The van der Waals surface area contributed by atoms with Gasteiger partial charge < -0.3 is 51.2 Å². The third-order valence-corrected chi connectivity index (χ3v) is 0. The molecular formula is Al2Cu2In2Se3. The Morgan fingerprint density at radius 2 is 0.444 bits per heavy atom. The van der Waals surface area contributed by atoms with Crippen molar-refractivity contribution < 1.29 is 34.1 Å². The van der Waals surface area contributed by atoms with Gasteiger partial charge in [0.15, 0.2) is 0 Å². The maximum Gasteiger partial charge on any atom is 3.00 e. The molecule has 0 N–H and O–H groups in total. The topological polar surface area (TPSA) is 0 Å². The van der Waals surface area contributed by atoms with Gasteiger partial charge in [-0.15, -0.1) is 0 Å². The van der Waals surface area contributed by atoms with Gasteiger partial charge in [0.25, 0.3) is 0 Å². The van der Waals surface area contributed by atoms with Crippen molar-refractivity contribution in [3.8, 4) is 0 Å². The van der Waals surface area contributed by atoms with Gasteiger partial charge in [-0.05, 0) is 0 Å². The van der Waals surface area contributed by atoms with Gasteiger partial charge >= 0.3 is 34.7 Å². The van der Waals surface area contributed by atoms with E-state index in [0.29, 0.717) is 0 Å². The van der Waals surface area contributed by atoms with E-state index in [4.69, 9.17) is 0 Å². The molecule has 0 aliphatic carbocycles. The van der Waals surface area contributed by atoms with Crippen LogP contribution in [0.2, 0.25) is 0 Å². The second-order valence-electron chi connectivity index (χ2n) is 0. The van der Waals surface area contributed by atoms with Gasteiger partial charge in [-0.3, -0.25) is 0 Å². The monoisotopic (exact) mass is 649 g/mol. The molecule has 0 unspecified atom stereocenters. The van der Waals surface area contributed by atoms with Crippen LogP contribution in [0, 0.1) is 0 Å². The summed E-state index contributed by atoms with van der Waals surface area (Å²) in [5.74, 6) is 0. The third-order valence-electron chi connectivity index (χ3n) is 0. The summed E-state index contributed by atoms with van der Waals surface area (Å²) < 4.78 is 0. The molecule has 9 heteroatoms. The fraction of sp³-hybridized carbons (Fsp3) is 0. The Hall–Kier alpha value is 5.40. The molecule has 8 radical (unpaired) electrons. The van der Waals surface area contributed by atoms with Gasteiger partial charge in [0.05, 0.1) is 0 Å². The predicted octanol–water partition coefficient (Wildman–Crippen LogP) is -2.67. The van der Waals surface area contributed by atoms with Crippen molar-refractivity contribution in [2.45, 2.75) is 0 Å². The van der Waals surface area contributed by atoms with E-state index in [2.05, 4.69) is 0 Å². The third kappa shape index (κ3) is 59.7. The molecule has 0 aromatic heterocycles. The maximum atomic E-state index is 0. The number of rotatable bonds is 0. The Kier molecular flexibility index (Phi) is 696. The van der Waals surface area contributed by atoms with Crippen LogP contribution in [0.15, 0.2) is 0 Å². The van der Waals surface area contributed by atoms with Crippen LogP contribution in [0.25, 0.3) is 0 Å². The summed E-state index contributed by atoms with van der Waals surface area (Å²) in [7, 11) is 0. The quantitative estimate of drug-likeness (QED) is 0.252. The van der Waals surface area contributed by atoms with E-state index in [1.807, 2.05) is 0 Å². The first-order valence-corrected chi connectivity index (χ1v) is 0. The molecule has 0 saturated heterocycles. The van der Waals surface area contributed by atoms with Crippen LogP contribution in [0.4, 0.5) is 0 Å². The maximum absolute atomic E-state index is 0. The van der Waals surface area contributed by atoms with Crippen LogP contribution >= 0.6 is 0 Å². The summed E-state index contributed by atoms with van der Waals surface area (Å²) in [6, 6.07) is 0. The molecule has 0 saturated carbocycles. The van der Waals surface area contributed by atoms with Crippen molar-refractivity contribution in [3.05, 3.63) is 0 Å². The zero-order chi connectivity index (χ0) is 0. The first kappa shape index (κ1) is 88.6. The smallest absolute Gasteiger partial charge is 2.00 e. The Labute approximate surface area is 168 Å². The zero-order valence-corrected chi connectivity index (χ0v) is 20.1. The van der Waals surface area contributed by atoms with Crippen LogP contribution in [0.5, 0.6) is 0 Å². The largest absolute Gasteiger partial charge is 3.00 e. The number of hydrogen-bond acceptors (Lipinski definition) is 0. The van der Waals surface area contributed by atoms with Gasteiger partial charge in [0.1, 0.15) is 0 Å². The van der Waals surface area contributed by atoms with Crippen molar-refractivity contribution in [2.24, 2.45) is 0 Å². The summed E-state index contributed by atoms with van der Waals surface area (Å²) in [6.07, 6.45) is 0. The van der Waals surface area contributed by atoms with Gasteiger partial charge in [-0.1, -0.05) is 0 Å². The molecule has 0 fully saturated rings. The summed E-state index contributed by atoms with van der Waals surface area (Å²) in [5, 5.41) is 0. The molecule has 52 valence electrons. The molecular weight excluding hydrogens is 648 g/mol. The van der Waals surface area contributed by atoms with Crippen LogP contribution in [0.3, 0.4) is 0 Å². The van der Waals surface area contributed by atoms with E-state index < -0.39 is 0 Å². The van der Waals surface area contributed by atoms with Crippen molar-refractivity contribution in [1.29, 1.82) is 0 Å². The van der Waals surface area contributed by atoms with Gasteiger partial charge in [0, 0.05) is 85.8 Å². The van der Waals surface area contributed by atoms with Gasteiger partial charge in [-0.2, -0.15) is 0 Å². The first-order valence-electron chi connectivity index (χ1n) is 0. The first-order chi connectivity index (χ1) is 0. The van der Waals surface area contributed by atoms with Crippen LogP contribution in [0.1, 0.15) is 0 Å². The average Bonchev–Trinajstić information content (AvgIpc) is 0. The van der Waals surface area contributed by atoms with Crippen molar-refractivity contribution in [2.75, 3.05) is 0 Å². The minimum absolute atomic E-state index is 0. The summed E-state index contributed by atoms with van der Waals surface area (Å²) in [6.45, 7) is 0. The van der Waals surface area contributed by atoms with Crippen LogP contribution < -0.4 is 0 Å². The molecule has 0 heterocycles. The van der Waals surface area contributed by atoms with Crippen molar-refractivity contribution >= 4 is 138 Å². The molecule has 0 bridgehead atoms. The van der Waals surface area contributed by atoms with E-state index in [1.165, 1.54) is 0 Å². The molecule has 9 heavy (non-hydrogen) atoms. The van der Waals surface area contributed by atoms with Crippen LogP contribution in [-0.4, -0.2) is 138 Å². The molecule has 0 spiro atoms. The molecule has 0 amide bonds. The summed E-state index contributed by atoms with van der Waals surface area (Å²) in [5.41, 5.74) is 0. The zero-order valence-electron chi connectivity index (χ0n) is 4.14. The van der Waals surface area contributed by atoms with E-state index >= 15 is 0 Å². The summed E-state index contributed by atoms with van der Waals surface area (Å²) >= 11 is 0. The molecule has 0 atom stereocenters. The molecule has 0 rings (SSSR count). The SMILES string of the molecule is [Al+3].[Al+3].[Cu].[Cu].[In].[In].[Se-2].[Se-2].[Se-2]. The predicted molar refractivity (Wildman–Crippen MR) is 40.3 cm³/mol. The van der Waals surface area contributed by atoms with Crippen molar-refractivity contribution in [3.63, 3.8) is 0 Å². The van der Waals surface area contributed by atoms with E-state index in [0.717, 1.165) is 0 Å². The minimum Gasteiger partial charge on any atom is -2.00 e. The molecule has 0 aromatic carbocycles. The Balaban J connectivity index is 0. The molecule has 0 aromatic rings. The minimum atomic E-state index is 0. The average molecular weight is 648 g/mol. The Morgan fingerprint density at radius 1 is 0.444 bits per heavy atom. The van der Waals surface area contributed by atoms with E-state index in [-0.39, 0.29) is 172 Å². The Bertz CT molecular complexity index is 17.8. The fourth-order valence-corrected chi connectivity index (χ4v) is 0. The second-order valence-corrected chi connectivity index (χ2v) is 0. The number of hydrogen-bond donors (Lipinski definition) is 0. The van der Waals surface area contributed by atoms with Crippen LogP contribution in [-0.2, 0) is 34.1 Å². The van der Waals surface area contributed by atoms with E-state index in [1.54, 1.807) is 0 Å². The Morgan fingerprint density at radius 3 is 0.444 bits per heavy atom. The van der Waals surface area contributed by atoms with E-state index in [9.17, 15) is 0 Å². The fourth-order valence-electron chi connectivity index (χ4n) is 0. The molecule has 0 aliphatic heterocycles. The van der Waals surface area contributed by atoms with Gasteiger partial charge in [0.2, 0.25) is 0 Å². The molecule has 0 aliphatic rings.